The van der Waals surface area contributed by atoms with Crippen LogP contribution >= 0.6 is 0 Å². The van der Waals surface area contributed by atoms with Gasteiger partial charge in [0, 0.05) is 38.5 Å². The summed E-state index contributed by atoms with van der Waals surface area (Å²) < 4.78 is 10.8. The Hall–Kier alpha value is -1.59. The van der Waals surface area contributed by atoms with Crippen LogP contribution < -0.4 is 4.74 Å². The number of likely N-dealkylation sites (tertiary alicyclic amines) is 1. The molecule has 2 unspecified atom stereocenters. The minimum atomic E-state index is -0.284. The molecule has 5 heteroatoms. The molecule has 2 atom stereocenters. The van der Waals surface area contributed by atoms with Crippen LogP contribution in [0.5, 0.6) is 5.75 Å². The van der Waals surface area contributed by atoms with Crippen molar-refractivity contribution < 1.29 is 19.4 Å². The third-order valence-corrected chi connectivity index (χ3v) is 5.87. The Morgan fingerprint density at radius 1 is 1.29 bits per heavy atom. The average molecular weight is 333 g/mol. The molecule has 0 radical (unpaired) electrons. The van der Waals surface area contributed by atoms with E-state index in [1.165, 1.54) is 0 Å². The summed E-state index contributed by atoms with van der Waals surface area (Å²) in [6.07, 6.45) is 3.40. The summed E-state index contributed by atoms with van der Waals surface area (Å²) in [5, 5.41) is 10.2. The molecule has 1 aromatic rings. The van der Waals surface area contributed by atoms with E-state index in [1.807, 2.05) is 29.2 Å². The molecule has 1 aliphatic heterocycles. The Bertz CT molecular complexity index is 580. The number of hydrogen-bond acceptors (Lipinski definition) is 4. The van der Waals surface area contributed by atoms with E-state index in [0.29, 0.717) is 25.9 Å². The highest BCUT2D eigenvalue weighted by atomic mass is 16.5. The molecule has 24 heavy (non-hydrogen) atoms. The number of methoxy groups -OCH3 is 2. The summed E-state index contributed by atoms with van der Waals surface area (Å²) >= 11 is 0. The van der Waals surface area contributed by atoms with Crippen LogP contribution in [0.1, 0.15) is 31.2 Å². The van der Waals surface area contributed by atoms with Gasteiger partial charge in [-0.1, -0.05) is 18.2 Å². The number of carbonyl (C=O) groups excluding carboxylic acids is 1. The molecule has 1 spiro atoms. The van der Waals surface area contributed by atoms with Gasteiger partial charge in [-0.15, -0.1) is 0 Å². The molecule has 1 amide bonds. The number of piperidine rings is 1. The fourth-order valence-electron chi connectivity index (χ4n) is 4.19. The van der Waals surface area contributed by atoms with Crippen LogP contribution in [0.3, 0.4) is 0 Å². The molecule has 0 aromatic heterocycles. The molecule has 1 saturated carbocycles. The number of hydrogen-bond donors (Lipinski definition) is 1. The molecule has 1 aromatic carbocycles. The van der Waals surface area contributed by atoms with Crippen LogP contribution in [0.2, 0.25) is 0 Å². The molecule has 1 aliphatic carbocycles. The van der Waals surface area contributed by atoms with Crippen molar-refractivity contribution >= 4 is 5.91 Å². The highest BCUT2D eigenvalue weighted by Crippen LogP contribution is 2.50. The molecule has 1 heterocycles. The van der Waals surface area contributed by atoms with E-state index < -0.39 is 0 Å². The summed E-state index contributed by atoms with van der Waals surface area (Å²) in [4.78, 5) is 14.4. The fourth-order valence-corrected chi connectivity index (χ4v) is 4.19. The van der Waals surface area contributed by atoms with E-state index in [1.54, 1.807) is 14.2 Å². The van der Waals surface area contributed by atoms with Crippen LogP contribution in [0.25, 0.3) is 0 Å². The maximum absolute atomic E-state index is 12.5. The predicted molar refractivity (Wildman–Crippen MR) is 91.0 cm³/mol. The van der Waals surface area contributed by atoms with E-state index in [4.69, 9.17) is 9.47 Å². The SMILES string of the molecule is COc1ccccc1CCC(=O)N1CCC2(CC1)C(O)CC2OC. The van der Waals surface area contributed by atoms with E-state index in [-0.39, 0.29) is 23.5 Å². The van der Waals surface area contributed by atoms with Crippen LogP contribution in [0.4, 0.5) is 0 Å². The molecule has 3 rings (SSSR count). The second-order valence-corrected chi connectivity index (χ2v) is 6.90. The van der Waals surface area contributed by atoms with Crippen molar-refractivity contribution in [2.24, 2.45) is 5.41 Å². The minimum absolute atomic E-state index is 0.131. The monoisotopic (exact) mass is 333 g/mol. The molecule has 1 N–H and O–H groups in total. The van der Waals surface area contributed by atoms with E-state index in [0.717, 1.165) is 30.6 Å². The Balaban J connectivity index is 1.52. The average Bonchev–Trinajstić information content (AvgIpc) is 2.64. The summed E-state index contributed by atoms with van der Waals surface area (Å²) in [6, 6.07) is 7.83. The first-order chi connectivity index (χ1) is 11.6. The van der Waals surface area contributed by atoms with Crippen molar-refractivity contribution in [1.82, 2.24) is 4.90 Å². The Morgan fingerprint density at radius 3 is 2.62 bits per heavy atom. The zero-order chi connectivity index (χ0) is 17.2. The standard InChI is InChI=1S/C19H27NO4/c1-23-15-6-4-3-5-14(15)7-8-18(22)20-11-9-19(10-12-20)16(21)13-17(19)24-2/h3-6,16-17,21H,7-13H2,1-2H3. The number of rotatable bonds is 5. The van der Waals surface area contributed by atoms with Gasteiger partial charge in [0.2, 0.25) is 5.91 Å². The van der Waals surface area contributed by atoms with E-state index >= 15 is 0 Å². The first-order valence-electron chi connectivity index (χ1n) is 8.71. The first kappa shape index (κ1) is 17.2. The number of carbonyl (C=O) groups is 1. The lowest BCUT2D eigenvalue weighted by Crippen LogP contribution is -2.62. The van der Waals surface area contributed by atoms with Crippen molar-refractivity contribution in [3.63, 3.8) is 0 Å². The molecule has 2 aliphatic rings. The molecule has 1 saturated heterocycles. The van der Waals surface area contributed by atoms with Crippen LogP contribution in [0, 0.1) is 5.41 Å². The molecular weight excluding hydrogens is 306 g/mol. The van der Waals surface area contributed by atoms with Crippen molar-refractivity contribution in [3.05, 3.63) is 29.8 Å². The number of aliphatic hydroxyl groups excluding tert-OH is 1. The number of amides is 1. The van der Waals surface area contributed by atoms with Gasteiger partial charge >= 0.3 is 0 Å². The van der Waals surface area contributed by atoms with Crippen LogP contribution in [-0.4, -0.2) is 55.4 Å². The Morgan fingerprint density at radius 2 is 2.00 bits per heavy atom. The summed E-state index contributed by atoms with van der Waals surface area (Å²) in [7, 11) is 3.37. The van der Waals surface area contributed by atoms with Crippen molar-refractivity contribution in [1.29, 1.82) is 0 Å². The lowest BCUT2D eigenvalue weighted by Gasteiger charge is -2.56. The van der Waals surface area contributed by atoms with E-state index in [9.17, 15) is 9.90 Å². The van der Waals surface area contributed by atoms with Gasteiger partial charge in [-0.05, 0) is 30.9 Å². The van der Waals surface area contributed by atoms with Crippen LogP contribution in [-0.2, 0) is 16.0 Å². The van der Waals surface area contributed by atoms with Gasteiger partial charge in [0.1, 0.15) is 5.75 Å². The van der Waals surface area contributed by atoms with Gasteiger partial charge < -0.3 is 19.5 Å². The lowest BCUT2D eigenvalue weighted by atomic mass is 9.58. The van der Waals surface area contributed by atoms with Gasteiger partial charge in [-0.3, -0.25) is 4.79 Å². The number of nitrogens with zero attached hydrogens (tertiary/aromatic N) is 1. The number of para-hydroxylation sites is 1. The summed E-state index contributed by atoms with van der Waals surface area (Å²) in [5.74, 6) is 1.02. The fraction of sp³-hybridized carbons (Fsp3) is 0.632. The van der Waals surface area contributed by atoms with Gasteiger partial charge in [0.05, 0.1) is 19.3 Å². The number of benzene rings is 1. The lowest BCUT2D eigenvalue weighted by molar-refractivity contribution is -0.202. The molecule has 132 valence electrons. The Kier molecular flexibility index (Phi) is 5.11. The zero-order valence-corrected chi connectivity index (χ0v) is 14.5. The predicted octanol–water partition coefficient (Wildman–Crippen LogP) is 2.02. The van der Waals surface area contributed by atoms with Gasteiger partial charge in [0.15, 0.2) is 0 Å². The molecule has 5 nitrogen and oxygen atoms in total. The van der Waals surface area contributed by atoms with Crippen molar-refractivity contribution in [2.45, 2.75) is 44.3 Å². The summed E-state index contributed by atoms with van der Waals surface area (Å²) in [5.41, 5.74) is 0.935. The highest BCUT2D eigenvalue weighted by Gasteiger charge is 2.56. The quantitative estimate of drug-likeness (QED) is 0.895. The molecule has 2 fully saturated rings. The second-order valence-electron chi connectivity index (χ2n) is 6.90. The third kappa shape index (κ3) is 3.03. The third-order valence-electron chi connectivity index (χ3n) is 5.87. The van der Waals surface area contributed by atoms with E-state index in [2.05, 4.69) is 0 Å². The van der Waals surface area contributed by atoms with Crippen molar-refractivity contribution in [2.75, 3.05) is 27.3 Å². The van der Waals surface area contributed by atoms with Gasteiger partial charge in [0.25, 0.3) is 0 Å². The Labute approximate surface area is 143 Å². The maximum atomic E-state index is 12.5. The van der Waals surface area contributed by atoms with Gasteiger partial charge in [-0.25, -0.2) is 0 Å². The normalized spacial score (nSPS) is 25.4. The first-order valence-corrected chi connectivity index (χ1v) is 8.71. The molecule has 0 bridgehead atoms. The zero-order valence-electron chi connectivity index (χ0n) is 14.5. The summed E-state index contributed by atoms with van der Waals surface area (Å²) in [6.45, 7) is 1.42. The largest absolute Gasteiger partial charge is 0.496 e. The second kappa shape index (κ2) is 7.11. The number of aliphatic hydroxyl groups is 1. The highest BCUT2D eigenvalue weighted by molar-refractivity contribution is 5.76. The number of aryl methyl sites for hydroxylation is 1. The smallest absolute Gasteiger partial charge is 0.222 e. The van der Waals surface area contributed by atoms with Gasteiger partial charge in [-0.2, -0.15) is 0 Å². The minimum Gasteiger partial charge on any atom is -0.496 e. The topological polar surface area (TPSA) is 59.0 Å². The van der Waals surface area contributed by atoms with Crippen LogP contribution in [0.15, 0.2) is 24.3 Å². The molecular formula is C19H27NO4. The maximum Gasteiger partial charge on any atom is 0.222 e. The number of ether oxygens (including phenoxy) is 2. The van der Waals surface area contributed by atoms with Crippen molar-refractivity contribution in [3.8, 4) is 5.75 Å².